The first kappa shape index (κ1) is 17.0. The van der Waals surface area contributed by atoms with Gasteiger partial charge in [-0.2, -0.15) is 5.10 Å². The first-order chi connectivity index (χ1) is 12.6. The van der Waals surface area contributed by atoms with Crippen molar-refractivity contribution in [3.8, 4) is 17.2 Å². The van der Waals surface area contributed by atoms with Gasteiger partial charge in [0, 0.05) is 17.3 Å². The molecule has 0 fully saturated rings. The summed E-state index contributed by atoms with van der Waals surface area (Å²) in [6.07, 6.45) is 1.62. The van der Waals surface area contributed by atoms with Gasteiger partial charge in [-0.15, -0.1) is 0 Å². The number of pyridine rings is 1. The Hall–Kier alpha value is -3.87. The van der Waals surface area contributed by atoms with Crippen LogP contribution in [0.1, 0.15) is 21.6 Å². The lowest BCUT2D eigenvalue weighted by Gasteiger charge is -2.08. The second kappa shape index (κ2) is 7.35. The summed E-state index contributed by atoms with van der Waals surface area (Å²) in [7, 11) is 0. The molecule has 130 valence electrons. The molecule has 7 nitrogen and oxygen atoms in total. The molecule has 0 aliphatic carbocycles. The maximum absolute atomic E-state index is 12.3. The highest BCUT2D eigenvalue weighted by molar-refractivity contribution is 6.12. The average Bonchev–Trinajstić information content (AvgIpc) is 2.67. The molecule has 1 aromatic heterocycles. The van der Waals surface area contributed by atoms with Crippen LogP contribution in [-0.2, 0) is 0 Å². The van der Waals surface area contributed by atoms with E-state index in [-0.39, 0.29) is 5.56 Å². The molecule has 3 aromatic rings. The standard InChI is InChI=1S/C19H15N3O4/c23-15-10-13(11-16(24)18(15)25)19(26)22-21-17(12-6-2-1-3-7-12)14-8-4-5-9-20-14/h1-11,23-25H,(H,22,26)/b21-17-. The summed E-state index contributed by atoms with van der Waals surface area (Å²) in [6, 6.07) is 16.6. The van der Waals surface area contributed by atoms with Gasteiger partial charge in [0.05, 0.1) is 5.69 Å². The van der Waals surface area contributed by atoms with E-state index in [9.17, 15) is 20.1 Å². The predicted octanol–water partition coefficient (Wildman–Crippen LogP) is 2.38. The van der Waals surface area contributed by atoms with Crippen LogP contribution in [0.5, 0.6) is 17.2 Å². The molecular formula is C19H15N3O4. The van der Waals surface area contributed by atoms with Crippen LogP contribution in [0.15, 0.2) is 72.0 Å². The van der Waals surface area contributed by atoms with Crippen molar-refractivity contribution < 1.29 is 20.1 Å². The monoisotopic (exact) mass is 349 g/mol. The number of hydrazone groups is 1. The Balaban J connectivity index is 1.93. The van der Waals surface area contributed by atoms with Crippen molar-refractivity contribution in [2.45, 2.75) is 0 Å². The summed E-state index contributed by atoms with van der Waals surface area (Å²) in [5.74, 6) is -2.57. The fourth-order valence-corrected chi connectivity index (χ4v) is 2.28. The number of amides is 1. The Morgan fingerprint density at radius 2 is 1.54 bits per heavy atom. The molecule has 26 heavy (non-hydrogen) atoms. The molecule has 2 aromatic carbocycles. The zero-order chi connectivity index (χ0) is 18.5. The van der Waals surface area contributed by atoms with E-state index in [0.717, 1.165) is 17.7 Å². The lowest BCUT2D eigenvalue weighted by atomic mass is 10.1. The fourth-order valence-electron chi connectivity index (χ4n) is 2.28. The second-order valence-corrected chi connectivity index (χ2v) is 5.35. The van der Waals surface area contributed by atoms with Gasteiger partial charge < -0.3 is 15.3 Å². The Kier molecular flexibility index (Phi) is 4.80. The SMILES string of the molecule is O=C(N/N=C(/c1ccccc1)c1ccccn1)c1cc(O)c(O)c(O)c1. The Morgan fingerprint density at radius 1 is 0.885 bits per heavy atom. The van der Waals surface area contributed by atoms with E-state index < -0.39 is 23.2 Å². The van der Waals surface area contributed by atoms with Crippen molar-refractivity contribution in [3.63, 3.8) is 0 Å². The number of aromatic hydroxyl groups is 3. The molecule has 0 radical (unpaired) electrons. The number of aromatic nitrogens is 1. The highest BCUT2D eigenvalue weighted by Gasteiger charge is 2.14. The zero-order valence-electron chi connectivity index (χ0n) is 13.5. The van der Waals surface area contributed by atoms with Crippen molar-refractivity contribution in [3.05, 3.63) is 83.7 Å². The molecule has 1 heterocycles. The quantitative estimate of drug-likeness (QED) is 0.328. The third-order valence-corrected chi connectivity index (χ3v) is 3.56. The molecule has 0 aliphatic heterocycles. The molecule has 0 unspecified atom stereocenters. The van der Waals surface area contributed by atoms with Gasteiger partial charge in [0.2, 0.25) is 0 Å². The Bertz CT molecular complexity index is 893. The third-order valence-electron chi connectivity index (χ3n) is 3.56. The molecule has 3 rings (SSSR count). The van der Waals surface area contributed by atoms with E-state index >= 15 is 0 Å². The minimum Gasteiger partial charge on any atom is -0.504 e. The van der Waals surface area contributed by atoms with Crippen LogP contribution in [0.25, 0.3) is 0 Å². The van der Waals surface area contributed by atoms with Crippen molar-refractivity contribution in [2.24, 2.45) is 5.10 Å². The number of hydrogen-bond acceptors (Lipinski definition) is 6. The molecule has 1 amide bonds. The van der Waals surface area contributed by atoms with E-state index in [4.69, 9.17) is 0 Å². The van der Waals surface area contributed by atoms with Crippen molar-refractivity contribution in [2.75, 3.05) is 0 Å². The molecular weight excluding hydrogens is 334 g/mol. The normalized spacial score (nSPS) is 11.2. The third kappa shape index (κ3) is 3.62. The summed E-state index contributed by atoms with van der Waals surface area (Å²) in [6.45, 7) is 0. The maximum atomic E-state index is 12.3. The van der Waals surface area contributed by atoms with Crippen molar-refractivity contribution in [1.82, 2.24) is 10.4 Å². The van der Waals surface area contributed by atoms with Crippen LogP contribution in [0.4, 0.5) is 0 Å². The fraction of sp³-hybridized carbons (Fsp3) is 0. The number of phenols is 3. The van der Waals surface area contributed by atoms with Crippen LogP contribution in [0, 0.1) is 0 Å². The summed E-state index contributed by atoms with van der Waals surface area (Å²) in [5.41, 5.74) is 4.08. The van der Waals surface area contributed by atoms with Gasteiger partial charge in [0.1, 0.15) is 5.71 Å². The summed E-state index contributed by atoms with van der Waals surface area (Å²) < 4.78 is 0. The molecule has 0 aliphatic rings. The largest absolute Gasteiger partial charge is 0.504 e. The first-order valence-corrected chi connectivity index (χ1v) is 7.66. The number of rotatable bonds is 4. The van der Waals surface area contributed by atoms with Crippen LogP contribution in [0.3, 0.4) is 0 Å². The lowest BCUT2D eigenvalue weighted by molar-refractivity contribution is 0.0954. The number of carbonyl (C=O) groups excluding carboxylic acids is 1. The molecule has 0 saturated heterocycles. The highest BCUT2D eigenvalue weighted by Crippen LogP contribution is 2.35. The Labute approximate surface area is 148 Å². The van der Waals surface area contributed by atoms with E-state index in [1.807, 2.05) is 30.3 Å². The summed E-state index contributed by atoms with van der Waals surface area (Å²) in [4.78, 5) is 16.5. The smallest absolute Gasteiger partial charge is 0.271 e. The predicted molar refractivity (Wildman–Crippen MR) is 95.2 cm³/mol. The average molecular weight is 349 g/mol. The number of nitrogens with zero attached hydrogens (tertiary/aromatic N) is 2. The van der Waals surface area contributed by atoms with Gasteiger partial charge >= 0.3 is 0 Å². The molecule has 0 bridgehead atoms. The van der Waals surface area contributed by atoms with Gasteiger partial charge in [-0.25, -0.2) is 5.43 Å². The first-order valence-electron chi connectivity index (χ1n) is 7.66. The number of benzene rings is 2. The van der Waals surface area contributed by atoms with E-state index in [1.54, 1.807) is 24.4 Å². The van der Waals surface area contributed by atoms with Gasteiger partial charge in [0.25, 0.3) is 5.91 Å². The minimum absolute atomic E-state index is 0.0602. The summed E-state index contributed by atoms with van der Waals surface area (Å²) in [5, 5.41) is 32.6. The molecule has 4 N–H and O–H groups in total. The van der Waals surface area contributed by atoms with Gasteiger partial charge in [-0.3, -0.25) is 9.78 Å². The van der Waals surface area contributed by atoms with E-state index in [0.29, 0.717) is 11.4 Å². The molecule has 7 heteroatoms. The molecule has 0 saturated carbocycles. The van der Waals surface area contributed by atoms with Gasteiger partial charge in [-0.05, 0) is 24.3 Å². The minimum atomic E-state index is -0.691. The molecule has 0 atom stereocenters. The number of nitrogens with one attached hydrogen (secondary N) is 1. The van der Waals surface area contributed by atoms with Gasteiger partial charge in [0.15, 0.2) is 17.2 Å². The van der Waals surface area contributed by atoms with Crippen molar-refractivity contribution >= 4 is 11.6 Å². The van der Waals surface area contributed by atoms with E-state index in [1.165, 1.54) is 0 Å². The number of hydrogen-bond donors (Lipinski definition) is 4. The number of phenolic OH excluding ortho intramolecular Hbond substituents is 3. The van der Waals surface area contributed by atoms with Crippen LogP contribution in [0.2, 0.25) is 0 Å². The summed E-state index contributed by atoms with van der Waals surface area (Å²) >= 11 is 0. The van der Waals surface area contributed by atoms with Crippen LogP contribution in [-0.4, -0.2) is 31.9 Å². The van der Waals surface area contributed by atoms with Crippen LogP contribution < -0.4 is 5.43 Å². The zero-order valence-corrected chi connectivity index (χ0v) is 13.5. The van der Waals surface area contributed by atoms with E-state index in [2.05, 4.69) is 15.5 Å². The second-order valence-electron chi connectivity index (χ2n) is 5.35. The highest BCUT2D eigenvalue weighted by atomic mass is 16.3. The lowest BCUT2D eigenvalue weighted by Crippen LogP contribution is -2.21. The topological polar surface area (TPSA) is 115 Å². The molecule has 0 spiro atoms. The Morgan fingerprint density at radius 3 is 2.15 bits per heavy atom. The number of carbonyl (C=O) groups is 1. The maximum Gasteiger partial charge on any atom is 0.271 e. The van der Waals surface area contributed by atoms with Gasteiger partial charge in [-0.1, -0.05) is 36.4 Å². The van der Waals surface area contributed by atoms with Crippen LogP contribution >= 0.6 is 0 Å². The van der Waals surface area contributed by atoms with Crippen molar-refractivity contribution in [1.29, 1.82) is 0 Å².